The maximum absolute atomic E-state index is 12.2. The molecular formula is C20H20N6O6S2. The van der Waals surface area contributed by atoms with E-state index in [0.717, 1.165) is 0 Å². The second-order valence-corrected chi connectivity index (χ2v) is 7.49. The molecule has 2 aromatic rings. The van der Waals surface area contributed by atoms with Crippen LogP contribution in [0.5, 0.6) is 0 Å². The van der Waals surface area contributed by atoms with Gasteiger partial charge in [0.15, 0.2) is 10.2 Å². The molecule has 0 bridgehead atoms. The molecule has 14 heteroatoms. The number of nitrogens with one attached hydrogen (secondary N) is 4. The van der Waals surface area contributed by atoms with Crippen molar-refractivity contribution < 1.29 is 19.4 Å². The number of unbranched alkanes of at least 4 members (excludes halogenated alkanes) is 1. The highest BCUT2D eigenvalue weighted by atomic mass is 32.1. The number of nitro benzene ring substituents is 2. The van der Waals surface area contributed by atoms with Gasteiger partial charge >= 0.3 is 0 Å². The summed E-state index contributed by atoms with van der Waals surface area (Å²) in [4.78, 5) is 45.1. The minimum Gasteiger partial charge on any atom is -0.362 e. The fourth-order valence-corrected chi connectivity index (χ4v) is 3.12. The molecule has 0 saturated heterocycles. The predicted molar refractivity (Wildman–Crippen MR) is 132 cm³/mol. The molecule has 2 rings (SSSR count). The summed E-state index contributed by atoms with van der Waals surface area (Å²) in [5.41, 5.74) is -0.841. The van der Waals surface area contributed by atoms with Crippen molar-refractivity contribution in [2.45, 2.75) is 12.8 Å². The van der Waals surface area contributed by atoms with Crippen LogP contribution in [-0.4, -0.2) is 45.0 Å². The molecule has 0 aliphatic carbocycles. The molecule has 0 unspecified atom stereocenters. The number of carbonyl (C=O) groups excluding carboxylic acids is 2. The van der Waals surface area contributed by atoms with Crippen molar-refractivity contribution in [2.24, 2.45) is 0 Å². The first-order chi connectivity index (χ1) is 16.2. The van der Waals surface area contributed by atoms with E-state index >= 15 is 0 Å². The number of carbonyl (C=O) groups is 2. The lowest BCUT2D eigenvalue weighted by Gasteiger charge is -2.11. The first-order valence-corrected chi connectivity index (χ1v) is 10.7. The summed E-state index contributed by atoms with van der Waals surface area (Å²) in [7, 11) is 0. The average molecular weight is 505 g/mol. The molecule has 2 amide bonds. The number of benzene rings is 2. The van der Waals surface area contributed by atoms with Crippen molar-refractivity contribution in [2.75, 3.05) is 13.1 Å². The Labute approximate surface area is 204 Å². The molecule has 2 aromatic carbocycles. The highest BCUT2D eigenvalue weighted by Crippen LogP contribution is 2.18. The van der Waals surface area contributed by atoms with Gasteiger partial charge in [0.1, 0.15) is 11.1 Å². The lowest BCUT2D eigenvalue weighted by molar-refractivity contribution is -0.385. The monoisotopic (exact) mass is 504 g/mol. The van der Waals surface area contributed by atoms with Gasteiger partial charge in [0, 0.05) is 25.2 Å². The van der Waals surface area contributed by atoms with E-state index in [1.165, 1.54) is 48.5 Å². The SMILES string of the molecule is O=C(NC(=S)NCCCCNC(=S)NC(=O)c1ccccc1[N+](=O)[O-])c1ccccc1[N+](=O)[O-]. The van der Waals surface area contributed by atoms with E-state index in [1.807, 2.05) is 0 Å². The highest BCUT2D eigenvalue weighted by molar-refractivity contribution is 7.80. The van der Waals surface area contributed by atoms with Crippen LogP contribution >= 0.6 is 24.4 Å². The summed E-state index contributed by atoms with van der Waals surface area (Å²) < 4.78 is 0. The topological polar surface area (TPSA) is 169 Å². The van der Waals surface area contributed by atoms with Crippen LogP contribution in [-0.2, 0) is 0 Å². The van der Waals surface area contributed by atoms with Crippen LogP contribution in [0.2, 0.25) is 0 Å². The predicted octanol–water partition coefficient (Wildman–Crippen LogP) is 2.19. The van der Waals surface area contributed by atoms with Crippen molar-refractivity contribution in [1.82, 2.24) is 21.3 Å². The number of hydrogen-bond acceptors (Lipinski definition) is 8. The van der Waals surface area contributed by atoms with Crippen molar-refractivity contribution in [3.05, 3.63) is 79.9 Å². The van der Waals surface area contributed by atoms with E-state index in [1.54, 1.807) is 0 Å². The van der Waals surface area contributed by atoms with Gasteiger partial charge in [-0.05, 0) is 49.4 Å². The number of amides is 2. The first kappa shape index (κ1) is 26.2. The fourth-order valence-electron chi connectivity index (χ4n) is 2.73. The van der Waals surface area contributed by atoms with Crippen LogP contribution in [0.3, 0.4) is 0 Å². The smallest absolute Gasteiger partial charge is 0.282 e. The molecule has 178 valence electrons. The Balaban J connectivity index is 1.67. The van der Waals surface area contributed by atoms with Gasteiger partial charge in [-0.3, -0.25) is 40.5 Å². The normalized spacial score (nSPS) is 10.0. The molecule has 12 nitrogen and oxygen atoms in total. The van der Waals surface area contributed by atoms with Crippen LogP contribution in [0.15, 0.2) is 48.5 Å². The Morgan fingerprint density at radius 1 is 0.706 bits per heavy atom. The molecule has 0 fully saturated rings. The number of nitro groups is 2. The van der Waals surface area contributed by atoms with E-state index in [9.17, 15) is 29.8 Å². The minimum absolute atomic E-state index is 0.0309. The zero-order valence-corrected chi connectivity index (χ0v) is 19.2. The number of hydrogen-bond donors (Lipinski definition) is 4. The molecule has 0 aliphatic heterocycles. The third kappa shape index (κ3) is 7.83. The molecular weight excluding hydrogens is 484 g/mol. The lowest BCUT2D eigenvalue weighted by atomic mass is 10.1. The highest BCUT2D eigenvalue weighted by Gasteiger charge is 2.20. The molecule has 34 heavy (non-hydrogen) atoms. The first-order valence-electron chi connectivity index (χ1n) is 9.86. The van der Waals surface area contributed by atoms with Crippen molar-refractivity contribution >= 4 is 57.8 Å². The van der Waals surface area contributed by atoms with E-state index in [0.29, 0.717) is 25.9 Å². The third-order valence-corrected chi connectivity index (χ3v) is 4.81. The lowest BCUT2D eigenvalue weighted by Crippen LogP contribution is -2.41. The summed E-state index contributed by atoms with van der Waals surface area (Å²) in [6.45, 7) is 0.819. The van der Waals surface area contributed by atoms with Crippen LogP contribution in [0.1, 0.15) is 33.6 Å². The minimum atomic E-state index is -0.689. The van der Waals surface area contributed by atoms with Crippen molar-refractivity contribution in [1.29, 1.82) is 0 Å². The number of para-hydroxylation sites is 2. The maximum atomic E-state index is 12.2. The van der Waals surface area contributed by atoms with Gasteiger partial charge in [-0.15, -0.1) is 0 Å². The average Bonchev–Trinajstić information content (AvgIpc) is 2.81. The Morgan fingerprint density at radius 3 is 1.41 bits per heavy atom. The van der Waals surface area contributed by atoms with Crippen LogP contribution in [0, 0.1) is 20.2 Å². The number of thiocarbonyl (C=S) groups is 2. The van der Waals surface area contributed by atoms with Crippen LogP contribution in [0.4, 0.5) is 11.4 Å². The zero-order valence-electron chi connectivity index (χ0n) is 17.6. The molecule has 0 heterocycles. The van der Waals surface area contributed by atoms with Crippen LogP contribution in [0.25, 0.3) is 0 Å². The van der Waals surface area contributed by atoms with Crippen LogP contribution < -0.4 is 21.3 Å². The Hall–Kier alpha value is -4.04. The van der Waals surface area contributed by atoms with Crippen molar-refractivity contribution in [3.8, 4) is 0 Å². The number of rotatable bonds is 9. The van der Waals surface area contributed by atoms with Gasteiger partial charge < -0.3 is 10.6 Å². The summed E-state index contributed by atoms with van der Waals surface area (Å²) in [5.74, 6) is -1.38. The Kier molecular flexibility index (Phi) is 9.91. The van der Waals surface area contributed by atoms with Gasteiger partial charge in [-0.1, -0.05) is 24.3 Å². The Morgan fingerprint density at radius 2 is 1.06 bits per heavy atom. The van der Waals surface area contributed by atoms with Gasteiger partial charge in [0.25, 0.3) is 23.2 Å². The summed E-state index contributed by atoms with van der Waals surface area (Å²) in [6.07, 6.45) is 1.24. The van der Waals surface area contributed by atoms with Gasteiger partial charge in [-0.25, -0.2) is 0 Å². The molecule has 0 saturated carbocycles. The quantitative estimate of drug-likeness (QED) is 0.172. The van der Waals surface area contributed by atoms with E-state index in [2.05, 4.69) is 21.3 Å². The second kappa shape index (κ2) is 12.9. The van der Waals surface area contributed by atoms with E-state index in [-0.39, 0.29) is 32.7 Å². The summed E-state index contributed by atoms with van der Waals surface area (Å²) >= 11 is 10.1. The molecule has 0 atom stereocenters. The molecule has 4 N–H and O–H groups in total. The zero-order chi connectivity index (χ0) is 25.1. The van der Waals surface area contributed by atoms with Crippen molar-refractivity contribution in [3.63, 3.8) is 0 Å². The van der Waals surface area contributed by atoms with Gasteiger partial charge in [-0.2, -0.15) is 0 Å². The van der Waals surface area contributed by atoms with E-state index in [4.69, 9.17) is 24.4 Å². The standard InChI is InChI=1S/C20H20N6O6S2/c27-17(13-7-1-3-9-15(13)25(29)30)23-19(33)21-11-5-6-12-22-20(34)24-18(28)14-8-2-4-10-16(14)26(31)32/h1-4,7-10H,5-6,11-12H2,(H2,21,23,27,33)(H2,22,24,28,34). The fraction of sp³-hybridized carbons (Fsp3) is 0.200. The molecule has 0 aliphatic rings. The second-order valence-electron chi connectivity index (χ2n) is 6.68. The Bertz CT molecular complexity index is 1040. The van der Waals surface area contributed by atoms with Gasteiger partial charge in [0.05, 0.1) is 9.85 Å². The molecule has 0 radical (unpaired) electrons. The largest absolute Gasteiger partial charge is 0.362 e. The third-order valence-electron chi connectivity index (χ3n) is 4.32. The molecule has 0 spiro atoms. The maximum Gasteiger partial charge on any atom is 0.282 e. The van der Waals surface area contributed by atoms with E-state index < -0.39 is 21.7 Å². The van der Waals surface area contributed by atoms with Gasteiger partial charge in [0.2, 0.25) is 0 Å². The summed E-state index contributed by atoms with van der Waals surface area (Å²) in [6, 6.07) is 11.1. The summed E-state index contributed by atoms with van der Waals surface area (Å²) in [5, 5.41) is 32.5. The molecule has 0 aromatic heterocycles. The number of nitrogens with zero attached hydrogens (tertiary/aromatic N) is 2.